The number of carbonyl (C=O) groups excluding carboxylic acids is 4. The second-order valence-corrected chi connectivity index (χ2v) is 13.6. The summed E-state index contributed by atoms with van der Waals surface area (Å²) < 4.78 is 0. The highest BCUT2D eigenvalue weighted by molar-refractivity contribution is 7.09. The van der Waals surface area contributed by atoms with Crippen molar-refractivity contribution in [1.82, 2.24) is 30.8 Å². The Bertz CT molecular complexity index is 1730. The zero-order valence-corrected chi connectivity index (χ0v) is 28.6. The van der Waals surface area contributed by atoms with E-state index >= 15 is 0 Å². The van der Waals surface area contributed by atoms with Crippen LogP contribution in [0.2, 0.25) is 0 Å². The minimum atomic E-state index is -0.857. The molecule has 5 rings (SSSR count). The van der Waals surface area contributed by atoms with E-state index in [2.05, 4.69) is 25.9 Å². The summed E-state index contributed by atoms with van der Waals surface area (Å²) in [6, 6.07) is 19.3. The Morgan fingerprint density at radius 2 is 1.71 bits per heavy atom. The first kappa shape index (κ1) is 35.4. The zero-order chi connectivity index (χ0) is 34.8. The summed E-state index contributed by atoms with van der Waals surface area (Å²) in [5.74, 6) is -1.80. The van der Waals surface area contributed by atoms with Gasteiger partial charge in [-0.25, -0.2) is 4.98 Å². The lowest BCUT2D eigenvalue weighted by Crippen LogP contribution is -2.55. The van der Waals surface area contributed by atoms with Crippen LogP contribution in [-0.4, -0.2) is 70.2 Å². The van der Waals surface area contributed by atoms with Crippen LogP contribution in [0.15, 0.2) is 84.5 Å². The molecular weight excluding hydrogens is 639 g/mol. The molecule has 4 amide bonds. The lowest BCUT2D eigenvalue weighted by molar-refractivity contribution is -0.124. The monoisotopic (exact) mass is 681 g/mol. The molecule has 3 heterocycles. The summed E-state index contributed by atoms with van der Waals surface area (Å²) in [6.07, 6.45) is 5.29. The molecule has 2 aromatic heterocycles. The smallest absolute Gasteiger partial charge is 0.273 e. The SMILES string of the molecule is CC(C)[C@H]1NC(=O)c2cncc(c2)CCCNC(=O)CN(C(=O)c2csc([C@@H](N)Cc3ccccc3)n2)CC(Cc2ccccc2)NC1=O. The number of carbonyl (C=O) groups is 4. The van der Waals surface area contributed by atoms with Gasteiger partial charge in [-0.3, -0.25) is 24.2 Å². The average Bonchev–Trinajstić information content (AvgIpc) is 3.60. The normalized spacial score (nSPS) is 18.6. The molecule has 11 nitrogen and oxygen atoms in total. The van der Waals surface area contributed by atoms with Gasteiger partial charge in [-0.2, -0.15) is 0 Å². The van der Waals surface area contributed by atoms with Crippen molar-refractivity contribution in [3.05, 3.63) is 117 Å². The van der Waals surface area contributed by atoms with Gasteiger partial charge in [-0.15, -0.1) is 11.3 Å². The van der Waals surface area contributed by atoms with Crippen molar-refractivity contribution >= 4 is 35.0 Å². The maximum absolute atomic E-state index is 14.1. The zero-order valence-electron chi connectivity index (χ0n) is 27.8. The van der Waals surface area contributed by atoms with Crippen molar-refractivity contribution in [1.29, 1.82) is 0 Å². The molecule has 0 radical (unpaired) electrons. The molecule has 0 spiro atoms. The number of hydrogen-bond acceptors (Lipinski definition) is 8. The highest BCUT2D eigenvalue weighted by Crippen LogP contribution is 2.22. The fourth-order valence-electron chi connectivity index (χ4n) is 5.77. The summed E-state index contributed by atoms with van der Waals surface area (Å²) in [5.41, 5.74) is 9.86. The number of rotatable bonds is 7. The Hall–Kier alpha value is -4.94. The summed E-state index contributed by atoms with van der Waals surface area (Å²) in [6.45, 7) is 3.88. The molecule has 0 fully saturated rings. The van der Waals surface area contributed by atoms with Crippen LogP contribution in [0.25, 0.3) is 0 Å². The molecule has 12 heteroatoms. The Morgan fingerprint density at radius 1 is 1.00 bits per heavy atom. The average molecular weight is 682 g/mol. The number of nitrogens with two attached hydrogens (primary N) is 1. The van der Waals surface area contributed by atoms with E-state index in [0.29, 0.717) is 42.8 Å². The van der Waals surface area contributed by atoms with E-state index < -0.39 is 35.8 Å². The summed E-state index contributed by atoms with van der Waals surface area (Å²) in [7, 11) is 0. The van der Waals surface area contributed by atoms with Gasteiger partial charge in [0, 0.05) is 30.9 Å². The molecule has 0 aliphatic carbocycles. The van der Waals surface area contributed by atoms with E-state index in [1.165, 1.54) is 22.4 Å². The van der Waals surface area contributed by atoms with Crippen molar-refractivity contribution < 1.29 is 19.2 Å². The van der Waals surface area contributed by atoms with Crippen LogP contribution >= 0.6 is 11.3 Å². The fraction of sp³-hybridized carbons (Fsp3) is 0.351. The highest BCUT2D eigenvalue weighted by atomic mass is 32.1. The first-order valence-corrected chi connectivity index (χ1v) is 17.4. The van der Waals surface area contributed by atoms with Crippen LogP contribution in [0.4, 0.5) is 0 Å². The number of hydrogen-bond donors (Lipinski definition) is 4. The summed E-state index contributed by atoms with van der Waals surface area (Å²) >= 11 is 1.30. The second kappa shape index (κ2) is 16.9. The highest BCUT2D eigenvalue weighted by Gasteiger charge is 2.30. The third-order valence-corrected chi connectivity index (χ3v) is 9.32. The molecule has 49 heavy (non-hydrogen) atoms. The van der Waals surface area contributed by atoms with E-state index in [1.807, 2.05) is 74.5 Å². The molecule has 0 saturated heterocycles. The van der Waals surface area contributed by atoms with Crippen LogP contribution in [0.5, 0.6) is 0 Å². The largest absolute Gasteiger partial charge is 0.355 e. The number of nitrogens with zero attached hydrogens (tertiary/aromatic N) is 3. The minimum absolute atomic E-state index is 0.0271. The van der Waals surface area contributed by atoms with E-state index in [-0.39, 0.29) is 30.6 Å². The molecule has 4 aromatic rings. The number of amides is 4. The molecule has 1 aliphatic heterocycles. The van der Waals surface area contributed by atoms with Crippen molar-refractivity contribution in [2.24, 2.45) is 11.7 Å². The predicted molar refractivity (Wildman–Crippen MR) is 189 cm³/mol. The van der Waals surface area contributed by atoms with E-state index in [4.69, 9.17) is 5.73 Å². The summed E-state index contributed by atoms with van der Waals surface area (Å²) in [4.78, 5) is 64.8. The predicted octanol–water partition coefficient (Wildman–Crippen LogP) is 3.47. The van der Waals surface area contributed by atoms with Crippen LogP contribution in [0.3, 0.4) is 0 Å². The molecule has 2 bridgehead atoms. The van der Waals surface area contributed by atoms with Gasteiger partial charge in [-0.1, -0.05) is 74.5 Å². The van der Waals surface area contributed by atoms with Crippen LogP contribution in [0, 0.1) is 5.92 Å². The number of thiazole rings is 1. The Balaban J connectivity index is 1.43. The number of aryl methyl sites for hydroxylation is 1. The molecule has 3 atom stereocenters. The topological polar surface area (TPSA) is 159 Å². The summed E-state index contributed by atoms with van der Waals surface area (Å²) in [5, 5.41) is 11.2. The lowest BCUT2D eigenvalue weighted by Gasteiger charge is -2.30. The molecule has 256 valence electrons. The molecule has 2 aromatic carbocycles. The Morgan fingerprint density at radius 3 is 2.43 bits per heavy atom. The molecule has 5 N–H and O–H groups in total. The molecular formula is C37H43N7O4S. The standard InChI is InChI=1S/C37H43N7O4S/c1-24(2)33-35(47)41-29(17-25-10-5-3-6-11-25)21-44(22-32(45)40-15-9-14-27-16-28(20-39-19-27)34(46)43-33)37(48)31-23-49-36(42-31)30(38)18-26-12-7-4-8-13-26/h3-8,10-13,16,19-20,23-24,29-30,33H,9,14-15,17-18,21-22,38H2,1-2H3,(H,40,45)(H,41,47)(H,43,46)/t29?,30-,33+/m0/s1. The lowest BCUT2D eigenvalue weighted by atomic mass is 10.0. The minimum Gasteiger partial charge on any atom is -0.355 e. The van der Waals surface area contributed by atoms with Gasteiger partial charge in [0.15, 0.2) is 0 Å². The van der Waals surface area contributed by atoms with Crippen molar-refractivity contribution in [2.45, 2.75) is 57.7 Å². The quantitative estimate of drug-likeness (QED) is 0.233. The first-order chi connectivity index (χ1) is 23.7. The Labute approximate surface area is 290 Å². The van der Waals surface area contributed by atoms with Gasteiger partial charge >= 0.3 is 0 Å². The number of aromatic nitrogens is 2. The van der Waals surface area contributed by atoms with Crippen LogP contribution in [-0.2, 0) is 28.9 Å². The Kier molecular flexibility index (Phi) is 12.2. The van der Waals surface area contributed by atoms with Crippen molar-refractivity contribution in [3.63, 3.8) is 0 Å². The molecule has 1 unspecified atom stereocenters. The van der Waals surface area contributed by atoms with Crippen LogP contribution < -0.4 is 21.7 Å². The van der Waals surface area contributed by atoms with Gasteiger partial charge < -0.3 is 26.6 Å². The van der Waals surface area contributed by atoms with E-state index in [0.717, 1.165) is 16.7 Å². The number of nitrogens with one attached hydrogen (secondary N) is 3. The van der Waals surface area contributed by atoms with Gasteiger partial charge in [0.05, 0.1) is 24.2 Å². The van der Waals surface area contributed by atoms with E-state index in [9.17, 15) is 19.2 Å². The molecule has 1 aliphatic rings. The third-order valence-electron chi connectivity index (χ3n) is 8.35. The number of pyridine rings is 1. The first-order valence-electron chi connectivity index (χ1n) is 16.6. The van der Waals surface area contributed by atoms with Gasteiger partial charge in [0.25, 0.3) is 11.8 Å². The number of fused-ring (bicyclic) bond motifs is 2. The van der Waals surface area contributed by atoms with Gasteiger partial charge in [-0.05, 0) is 54.4 Å². The number of benzene rings is 2. The maximum atomic E-state index is 14.1. The van der Waals surface area contributed by atoms with Crippen molar-refractivity contribution in [2.75, 3.05) is 19.6 Å². The van der Waals surface area contributed by atoms with Gasteiger partial charge in [0.2, 0.25) is 11.8 Å². The third kappa shape index (κ3) is 10.0. The maximum Gasteiger partial charge on any atom is 0.273 e. The molecule has 0 saturated carbocycles. The fourth-order valence-corrected chi connectivity index (χ4v) is 6.56. The van der Waals surface area contributed by atoms with Crippen LogP contribution in [0.1, 0.15) is 68.9 Å². The second-order valence-electron chi connectivity index (χ2n) is 12.7. The van der Waals surface area contributed by atoms with Crippen molar-refractivity contribution in [3.8, 4) is 0 Å². The van der Waals surface area contributed by atoms with Gasteiger partial charge in [0.1, 0.15) is 16.7 Å². The van der Waals surface area contributed by atoms with E-state index in [1.54, 1.807) is 17.6 Å².